The zero-order chi connectivity index (χ0) is 36.8. The number of unbranched alkanes of at least 4 members (excludes halogenated alkanes) is 19. The van der Waals surface area contributed by atoms with Crippen molar-refractivity contribution in [1.29, 1.82) is 0 Å². The average Bonchev–Trinajstić information content (AvgIpc) is 3.10. The van der Waals surface area contributed by atoms with E-state index in [1.54, 1.807) is 0 Å². The highest BCUT2D eigenvalue weighted by Gasteiger charge is 2.18. The molecule has 0 aliphatic rings. The van der Waals surface area contributed by atoms with Gasteiger partial charge in [0.25, 0.3) is 0 Å². The molecule has 7 nitrogen and oxygen atoms in total. The lowest BCUT2D eigenvalue weighted by atomic mass is 10.0. The number of carboxylic acid groups (broad SMARTS) is 1. The molecule has 0 rings (SSSR count). The molecule has 7 heteroatoms. The van der Waals surface area contributed by atoms with E-state index in [0.29, 0.717) is 32.2 Å². The highest BCUT2D eigenvalue weighted by atomic mass is 16.5. The van der Waals surface area contributed by atoms with E-state index in [1.807, 2.05) is 0 Å². The number of esters is 1. The Kier molecular flexibility index (Phi) is 36.0. The van der Waals surface area contributed by atoms with Gasteiger partial charge in [-0.2, -0.15) is 0 Å². The molecule has 0 saturated carbocycles. The van der Waals surface area contributed by atoms with Crippen LogP contribution in [0.25, 0.3) is 0 Å². The first-order valence-electron chi connectivity index (χ1n) is 20.8. The van der Waals surface area contributed by atoms with Crippen LogP contribution in [0.1, 0.15) is 200 Å². The molecule has 50 heavy (non-hydrogen) atoms. The summed E-state index contributed by atoms with van der Waals surface area (Å²) in [6.07, 6.45) is 43.4. The standard InChI is InChI=1S/C43H78N2O5/c1-3-5-7-9-11-13-14-15-16-17-19-21-27-31-37-42(47)50-39(33-28-24-20-18-12-10-8-6-4-2)34-29-25-22-23-26-30-36-41(46)45-40(43(48)49)35-32-38-44/h9,11,14-15,28,33,39-40H,3-8,10,12-13,16-27,29-32,34-38,44H2,1-2H3,(H,45,46)(H,48,49)/b11-9-,15-14-,33-28-. The Morgan fingerprint density at radius 1 is 0.600 bits per heavy atom. The van der Waals surface area contributed by atoms with E-state index in [4.69, 9.17) is 10.5 Å². The summed E-state index contributed by atoms with van der Waals surface area (Å²) < 4.78 is 5.95. The molecule has 0 aromatic heterocycles. The smallest absolute Gasteiger partial charge is 0.326 e. The first-order valence-corrected chi connectivity index (χ1v) is 20.8. The summed E-state index contributed by atoms with van der Waals surface area (Å²) in [7, 11) is 0. The summed E-state index contributed by atoms with van der Waals surface area (Å²) in [5.41, 5.74) is 5.47. The Balaban J connectivity index is 4.32. The van der Waals surface area contributed by atoms with Crippen molar-refractivity contribution < 1.29 is 24.2 Å². The molecule has 2 unspecified atom stereocenters. The van der Waals surface area contributed by atoms with Gasteiger partial charge in [0.05, 0.1) is 0 Å². The van der Waals surface area contributed by atoms with E-state index in [-0.39, 0.29) is 18.0 Å². The van der Waals surface area contributed by atoms with Crippen LogP contribution in [-0.2, 0) is 19.1 Å². The van der Waals surface area contributed by atoms with Gasteiger partial charge in [0, 0.05) is 12.8 Å². The van der Waals surface area contributed by atoms with Crippen molar-refractivity contribution in [2.75, 3.05) is 6.54 Å². The number of nitrogens with one attached hydrogen (secondary N) is 1. The van der Waals surface area contributed by atoms with Crippen molar-refractivity contribution in [3.63, 3.8) is 0 Å². The molecule has 4 N–H and O–H groups in total. The third-order valence-corrected chi connectivity index (χ3v) is 9.16. The summed E-state index contributed by atoms with van der Waals surface area (Å²) >= 11 is 0. The third kappa shape index (κ3) is 34.1. The van der Waals surface area contributed by atoms with Gasteiger partial charge in [0.1, 0.15) is 12.1 Å². The molecule has 0 saturated heterocycles. The van der Waals surface area contributed by atoms with Crippen molar-refractivity contribution in [1.82, 2.24) is 5.32 Å². The fourth-order valence-electron chi connectivity index (χ4n) is 5.96. The van der Waals surface area contributed by atoms with Gasteiger partial charge in [-0.05, 0) is 89.7 Å². The van der Waals surface area contributed by atoms with Crippen molar-refractivity contribution >= 4 is 17.8 Å². The molecule has 2 atom stereocenters. The maximum Gasteiger partial charge on any atom is 0.326 e. The number of aliphatic carboxylic acids is 1. The molecular weight excluding hydrogens is 624 g/mol. The zero-order valence-corrected chi connectivity index (χ0v) is 32.5. The predicted molar refractivity (Wildman–Crippen MR) is 211 cm³/mol. The molecule has 0 spiro atoms. The van der Waals surface area contributed by atoms with Crippen LogP contribution in [0.5, 0.6) is 0 Å². The van der Waals surface area contributed by atoms with Gasteiger partial charge in [-0.1, -0.05) is 141 Å². The number of rotatable bonds is 37. The third-order valence-electron chi connectivity index (χ3n) is 9.16. The lowest BCUT2D eigenvalue weighted by Crippen LogP contribution is -2.40. The summed E-state index contributed by atoms with van der Waals surface area (Å²) in [6.45, 7) is 4.89. The minimum absolute atomic E-state index is 0.0723. The normalized spacial score (nSPS) is 13.0. The Labute approximate surface area is 307 Å². The van der Waals surface area contributed by atoms with Crippen molar-refractivity contribution in [3.05, 3.63) is 36.5 Å². The van der Waals surface area contributed by atoms with Crippen LogP contribution < -0.4 is 11.1 Å². The van der Waals surface area contributed by atoms with Crippen LogP contribution in [0.4, 0.5) is 0 Å². The first kappa shape index (κ1) is 47.6. The fraction of sp³-hybridized carbons (Fsp3) is 0.791. The number of hydrogen-bond acceptors (Lipinski definition) is 5. The largest absolute Gasteiger partial charge is 0.480 e. The molecule has 0 heterocycles. The van der Waals surface area contributed by atoms with Crippen LogP contribution in [0, 0.1) is 0 Å². The molecule has 290 valence electrons. The van der Waals surface area contributed by atoms with E-state index < -0.39 is 12.0 Å². The number of hydrogen-bond donors (Lipinski definition) is 3. The molecule has 0 bridgehead atoms. The van der Waals surface area contributed by atoms with Gasteiger partial charge in [-0.15, -0.1) is 0 Å². The van der Waals surface area contributed by atoms with E-state index in [1.165, 1.54) is 83.5 Å². The lowest BCUT2D eigenvalue weighted by Gasteiger charge is -2.15. The van der Waals surface area contributed by atoms with Gasteiger partial charge in [-0.25, -0.2) is 4.79 Å². The maximum atomic E-state index is 12.7. The van der Waals surface area contributed by atoms with E-state index in [2.05, 4.69) is 55.6 Å². The van der Waals surface area contributed by atoms with Gasteiger partial charge in [0.2, 0.25) is 5.91 Å². The second-order valence-electron chi connectivity index (χ2n) is 14.0. The Bertz CT molecular complexity index is 885. The fourth-order valence-corrected chi connectivity index (χ4v) is 5.96. The minimum atomic E-state index is -1.00. The van der Waals surface area contributed by atoms with Crippen LogP contribution in [0.15, 0.2) is 36.5 Å². The van der Waals surface area contributed by atoms with E-state index >= 15 is 0 Å². The molecule has 0 aromatic rings. The van der Waals surface area contributed by atoms with E-state index in [9.17, 15) is 19.5 Å². The first-order chi connectivity index (χ1) is 24.4. The van der Waals surface area contributed by atoms with Crippen LogP contribution >= 0.6 is 0 Å². The molecule has 1 amide bonds. The van der Waals surface area contributed by atoms with Gasteiger partial charge < -0.3 is 20.9 Å². The van der Waals surface area contributed by atoms with Crippen LogP contribution in [-0.4, -0.2) is 41.6 Å². The summed E-state index contributed by atoms with van der Waals surface area (Å²) in [5, 5.41) is 11.9. The highest BCUT2D eigenvalue weighted by molar-refractivity contribution is 5.83. The van der Waals surface area contributed by atoms with Crippen molar-refractivity contribution in [2.45, 2.75) is 212 Å². The molecule has 0 aliphatic carbocycles. The molecule has 0 fully saturated rings. The maximum absolute atomic E-state index is 12.7. The number of amides is 1. The highest BCUT2D eigenvalue weighted by Crippen LogP contribution is 2.16. The second-order valence-corrected chi connectivity index (χ2v) is 14.0. The summed E-state index contributed by atoms with van der Waals surface area (Å²) in [6, 6.07) is -0.854. The predicted octanol–water partition coefficient (Wildman–Crippen LogP) is 11.4. The summed E-state index contributed by atoms with van der Waals surface area (Å²) in [5.74, 6) is -1.28. The SMILES string of the molecule is CCCC/C=C\C/C=C\CCCCCCCC(=O)OC(/C=C\CCCCCCCCC)CCCCCCCCC(=O)NC(CCCN)C(=O)O. The Hall–Kier alpha value is -2.41. The van der Waals surface area contributed by atoms with Crippen LogP contribution in [0.2, 0.25) is 0 Å². The second kappa shape index (κ2) is 37.8. The van der Waals surface area contributed by atoms with E-state index in [0.717, 1.165) is 77.0 Å². The summed E-state index contributed by atoms with van der Waals surface area (Å²) in [4.78, 5) is 36.2. The topological polar surface area (TPSA) is 119 Å². The lowest BCUT2D eigenvalue weighted by molar-refractivity contribution is -0.147. The number of nitrogens with two attached hydrogens (primary N) is 1. The molecular formula is C43H78N2O5. The molecule has 0 radical (unpaired) electrons. The quantitative estimate of drug-likeness (QED) is 0.0337. The van der Waals surface area contributed by atoms with Gasteiger partial charge >= 0.3 is 11.9 Å². The van der Waals surface area contributed by atoms with Crippen LogP contribution in [0.3, 0.4) is 0 Å². The average molecular weight is 703 g/mol. The van der Waals surface area contributed by atoms with Gasteiger partial charge in [-0.3, -0.25) is 9.59 Å². The number of allylic oxidation sites excluding steroid dienone is 5. The van der Waals surface area contributed by atoms with Gasteiger partial charge in [0.15, 0.2) is 0 Å². The monoisotopic (exact) mass is 703 g/mol. The van der Waals surface area contributed by atoms with Crippen molar-refractivity contribution in [3.8, 4) is 0 Å². The number of carbonyl (C=O) groups is 3. The van der Waals surface area contributed by atoms with Crippen molar-refractivity contribution in [2.24, 2.45) is 5.73 Å². The molecule has 0 aromatic carbocycles. The molecule has 0 aliphatic heterocycles. The Morgan fingerprint density at radius 2 is 1.12 bits per heavy atom. The Morgan fingerprint density at radius 3 is 1.72 bits per heavy atom. The number of carbonyl (C=O) groups excluding carboxylic acids is 2. The zero-order valence-electron chi connectivity index (χ0n) is 32.5. The minimum Gasteiger partial charge on any atom is -0.480 e. The number of carboxylic acids is 1. The number of ether oxygens (including phenoxy) is 1.